The minimum absolute atomic E-state index is 0.215. The average molecular weight is 369 g/mol. The number of nitrogens with one attached hydrogen (secondary N) is 1. The molecular weight excluding hydrogens is 352 g/mol. The number of carbonyl (C=O) groups excluding carboxylic acids is 1. The maximum Gasteiger partial charge on any atom is 0.266 e. The van der Waals surface area contributed by atoms with Gasteiger partial charge in [-0.05, 0) is 35.9 Å². The molecule has 6 nitrogen and oxygen atoms in total. The summed E-state index contributed by atoms with van der Waals surface area (Å²) in [6.45, 7) is 0.691. The molecule has 4 rings (SSSR count). The number of benzene rings is 1. The standard InChI is InChI=1S/C19H17ClN4O2/c20-14-4-5-16-13(11-14)12-17(26-16)19(25)22-18-7-10-24(23-18)9-6-15-3-1-2-8-21-15/h1-5,7-8,10-11,17H,6,9,12H2,(H,22,23,25)/t17-/m0/s1. The fourth-order valence-electron chi connectivity index (χ4n) is 2.90. The summed E-state index contributed by atoms with van der Waals surface area (Å²) in [5, 5.41) is 7.83. The van der Waals surface area contributed by atoms with Crippen molar-refractivity contribution in [2.24, 2.45) is 0 Å². The number of amides is 1. The zero-order valence-electron chi connectivity index (χ0n) is 13.9. The van der Waals surface area contributed by atoms with Gasteiger partial charge in [0.15, 0.2) is 11.9 Å². The highest BCUT2D eigenvalue weighted by molar-refractivity contribution is 6.30. The summed E-state index contributed by atoms with van der Waals surface area (Å²) in [6, 6.07) is 13.0. The molecule has 1 aromatic carbocycles. The Morgan fingerprint density at radius 2 is 2.23 bits per heavy atom. The molecule has 0 saturated heterocycles. The number of ether oxygens (including phenoxy) is 1. The van der Waals surface area contributed by atoms with E-state index in [0.29, 0.717) is 29.6 Å². The van der Waals surface area contributed by atoms with Gasteiger partial charge in [-0.25, -0.2) is 0 Å². The summed E-state index contributed by atoms with van der Waals surface area (Å²) >= 11 is 5.98. The molecule has 0 saturated carbocycles. The Morgan fingerprint density at radius 3 is 3.08 bits per heavy atom. The summed E-state index contributed by atoms with van der Waals surface area (Å²) in [7, 11) is 0. The van der Waals surface area contributed by atoms with Gasteiger partial charge in [-0.3, -0.25) is 14.5 Å². The van der Waals surface area contributed by atoms with Crippen LogP contribution in [0.5, 0.6) is 5.75 Å². The Balaban J connectivity index is 1.33. The lowest BCUT2D eigenvalue weighted by Gasteiger charge is -2.09. The number of halogens is 1. The fourth-order valence-corrected chi connectivity index (χ4v) is 3.09. The van der Waals surface area contributed by atoms with Gasteiger partial charge in [0.2, 0.25) is 0 Å². The van der Waals surface area contributed by atoms with Gasteiger partial charge in [-0.1, -0.05) is 17.7 Å². The molecular formula is C19H17ClN4O2. The normalized spacial score (nSPS) is 15.3. The Kier molecular flexibility index (Phi) is 4.58. The highest BCUT2D eigenvalue weighted by Crippen LogP contribution is 2.31. The molecule has 0 unspecified atom stereocenters. The summed E-state index contributed by atoms with van der Waals surface area (Å²) in [4.78, 5) is 16.7. The second kappa shape index (κ2) is 7.17. The van der Waals surface area contributed by atoms with E-state index in [-0.39, 0.29) is 5.91 Å². The third-order valence-electron chi connectivity index (χ3n) is 4.20. The van der Waals surface area contributed by atoms with Crippen LogP contribution in [0.2, 0.25) is 5.02 Å². The van der Waals surface area contributed by atoms with Crippen LogP contribution in [0.15, 0.2) is 54.9 Å². The average Bonchev–Trinajstić information content (AvgIpc) is 3.27. The number of nitrogens with zero attached hydrogens (tertiary/aromatic N) is 3. The van der Waals surface area contributed by atoms with Crippen molar-refractivity contribution in [3.8, 4) is 5.75 Å². The van der Waals surface area contributed by atoms with Gasteiger partial charge in [-0.2, -0.15) is 5.10 Å². The van der Waals surface area contributed by atoms with Crippen molar-refractivity contribution in [2.45, 2.75) is 25.5 Å². The van der Waals surface area contributed by atoms with E-state index >= 15 is 0 Å². The lowest BCUT2D eigenvalue weighted by Crippen LogP contribution is -2.31. The van der Waals surface area contributed by atoms with Crippen LogP contribution in [0.3, 0.4) is 0 Å². The number of anilines is 1. The Bertz CT molecular complexity index is 926. The number of rotatable bonds is 5. The van der Waals surface area contributed by atoms with Crippen molar-refractivity contribution in [1.82, 2.24) is 14.8 Å². The van der Waals surface area contributed by atoms with Crippen LogP contribution in [-0.4, -0.2) is 26.8 Å². The van der Waals surface area contributed by atoms with E-state index in [0.717, 1.165) is 17.7 Å². The van der Waals surface area contributed by atoms with Crippen molar-refractivity contribution >= 4 is 23.3 Å². The second-order valence-corrected chi connectivity index (χ2v) is 6.52. The predicted molar refractivity (Wildman–Crippen MR) is 98.4 cm³/mol. The van der Waals surface area contributed by atoms with E-state index in [1.807, 2.05) is 30.5 Å². The minimum Gasteiger partial charge on any atom is -0.480 e. The lowest BCUT2D eigenvalue weighted by molar-refractivity contribution is -0.122. The molecule has 7 heteroatoms. The van der Waals surface area contributed by atoms with E-state index in [2.05, 4.69) is 15.4 Å². The number of aryl methyl sites for hydroxylation is 2. The molecule has 3 aromatic rings. The molecule has 1 aliphatic rings. The van der Waals surface area contributed by atoms with Gasteiger partial charge in [0.05, 0.1) is 0 Å². The maximum atomic E-state index is 12.4. The van der Waals surface area contributed by atoms with E-state index in [1.165, 1.54) is 0 Å². The molecule has 26 heavy (non-hydrogen) atoms. The second-order valence-electron chi connectivity index (χ2n) is 6.09. The van der Waals surface area contributed by atoms with Crippen molar-refractivity contribution in [2.75, 3.05) is 5.32 Å². The van der Waals surface area contributed by atoms with Crippen LogP contribution in [0.4, 0.5) is 5.82 Å². The maximum absolute atomic E-state index is 12.4. The monoisotopic (exact) mass is 368 g/mol. The number of aromatic nitrogens is 3. The van der Waals surface area contributed by atoms with E-state index in [1.54, 1.807) is 29.1 Å². The van der Waals surface area contributed by atoms with Crippen LogP contribution in [0, 0.1) is 0 Å². The third-order valence-corrected chi connectivity index (χ3v) is 4.44. The first kappa shape index (κ1) is 16.6. The van der Waals surface area contributed by atoms with Gasteiger partial charge >= 0.3 is 0 Å². The van der Waals surface area contributed by atoms with Gasteiger partial charge in [0.25, 0.3) is 5.91 Å². The van der Waals surface area contributed by atoms with Crippen LogP contribution < -0.4 is 10.1 Å². The quantitative estimate of drug-likeness (QED) is 0.751. The number of hydrogen-bond acceptors (Lipinski definition) is 4. The van der Waals surface area contributed by atoms with E-state index in [9.17, 15) is 4.79 Å². The molecule has 132 valence electrons. The van der Waals surface area contributed by atoms with Crippen molar-refractivity contribution < 1.29 is 9.53 Å². The summed E-state index contributed by atoms with van der Waals surface area (Å²) < 4.78 is 7.48. The highest BCUT2D eigenvalue weighted by atomic mass is 35.5. The van der Waals surface area contributed by atoms with Gasteiger partial charge in [0, 0.05) is 48.6 Å². The van der Waals surface area contributed by atoms with Crippen LogP contribution >= 0.6 is 11.6 Å². The smallest absolute Gasteiger partial charge is 0.266 e. The Hall–Kier alpha value is -2.86. The number of hydrogen-bond donors (Lipinski definition) is 1. The first-order valence-electron chi connectivity index (χ1n) is 8.37. The lowest BCUT2D eigenvalue weighted by atomic mass is 10.1. The van der Waals surface area contributed by atoms with E-state index < -0.39 is 6.10 Å². The topological polar surface area (TPSA) is 69.0 Å². The summed E-state index contributed by atoms with van der Waals surface area (Å²) in [6.07, 6.45) is 4.32. The van der Waals surface area contributed by atoms with Crippen LogP contribution in [-0.2, 0) is 24.2 Å². The zero-order valence-corrected chi connectivity index (χ0v) is 14.7. The van der Waals surface area contributed by atoms with Gasteiger partial charge in [0.1, 0.15) is 5.75 Å². The van der Waals surface area contributed by atoms with Crippen molar-refractivity contribution in [1.29, 1.82) is 0 Å². The highest BCUT2D eigenvalue weighted by Gasteiger charge is 2.29. The SMILES string of the molecule is O=C(Nc1ccn(CCc2ccccn2)n1)[C@@H]1Cc2cc(Cl)ccc2O1. The zero-order chi connectivity index (χ0) is 17.9. The molecule has 1 atom stereocenters. The molecule has 1 N–H and O–H groups in total. The van der Waals surface area contributed by atoms with Gasteiger partial charge in [-0.15, -0.1) is 0 Å². The summed E-state index contributed by atoms with van der Waals surface area (Å²) in [5.41, 5.74) is 1.95. The first-order chi connectivity index (χ1) is 12.7. The molecule has 1 aliphatic heterocycles. The third kappa shape index (κ3) is 3.70. The molecule has 0 spiro atoms. The number of carbonyl (C=O) groups is 1. The molecule has 0 fully saturated rings. The van der Waals surface area contributed by atoms with Crippen molar-refractivity contribution in [3.63, 3.8) is 0 Å². The van der Waals surface area contributed by atoms with Crippen LogP contribution in [0.1, 0.15) is 11.3 Å². The molecule has 1 amide bonds. The minimum atomic E-state index is -0.567. The molecule has 0 radical (unpaired) electrons. The number of fused-ring (bicyclic) bond motifs is 1. The fraction of sp³-hybridized carbons (Fsp3) is 0.211. The molecule has 3 heterocycles. The Morgan fingerprint density at radius 1 is 1.31 bits per heavy atom. The molecule has 0 bridgehead atoms. The predicted octanol–water partition coefficient (Wildman–Crippen LogP) is 3.12. The molecule has 0 aliphatic carbocycles. The Labute approximate surface area is 155 Å². The largest absolute Gasteiger partial charge is 0.480 e. The number of pyridine rings is 1. The molecule has 2 aromatic heterocycles. The van der Waals surface area contributed by atoms with Crippen LogP contribution in [0.25, 0.3) is 0 Å². The van der Waals surface area contributed by atoms with Crippen molar-refractivity contribution in [3.05, 3.63) is 71.1 Å². The van der Waals surface area contributed by atoms with Gasteiger partial charge < -0.3 is 10.1 Å². The van der Waals surface area contributed by atoms with E-state index in [4.69, 9.17) is 16.3 Å². The summed E-state index contributed by atoms with van der Waals surface area (Å²) in [5.74, 6) is 0.997. The first-order valence-corrected chi connectivity index (χ1v) is 8.74.